The van der Waals surface area contributed by atoms with Crippen molar-refractivity contribution in [3.8, 4) is 16.9 Å². The number of pyridine rings is 1. The monoisotopic (exact) mass is 405 g/mol. The summed E-state index contributed by atoms with van der Waals surface area (Å²) in [6.07, 6.45) is 9.09. The minimum absolute atomic E-state index is 0.168. The Kier molecular flexibility index (Phi) is 5.15. The molecule has 0 radical (unpaired) electrons. The first kappa shape index (κ1) is 18.7. The van der Waals surface area contributed by atoms with Crippen LogP contribution in [0.2, 0.25) is 0 Å². The first-order valence-corrected chi connectivity index (χ1v) is 10.3. The molecule has 1 fully saturated rings. The second-order valence-electron chi connectivity index (χ2n) is 7.60. The number of piperidine rings is 1. The second-order valence-corrected chi connectivity index (χ2v) is 7.60. The van der Waals surface area contributed by atoms with Crippen molar-refractivity contribution in [2.75, 3.05) is 25.1 Å². The van der Waals surface area contributed by atoms with Gasteiger partial charge in [-0.3, -0.25) is 9.78 Å². The average molecular weight is 405 g/mol. The summed E-state index contributed by atoms with van der Waals surface area (Å²) in [5.41, 5.74) is 3.55. The fraction of sp³-hybridized carbons (Fsp3) is 0.364. The van der Waals surface area contributed by atoms with Crippen LogP contribution in [0, 0.1) is 0 Å². The highest BCUT2D eigenvalue weighted by atomic mass is 16.5. The number of nitrogens with zero attached hydrogens (tertiary/aromatic N) is 3. The fourth-order valence-electron chi connectivity index (χ4n) is 4.04. The number of hydrogen-bond donors (Lipinski definition) is 2. The Morgan fingerprint density at radius 2 is 1.93 bits per heavy atom. The van der Waals surface area contributed by atoms with Gasteiger partial charge in [-0.15, -0.1) is 0 Å². The van der Waals surface area contributed by atoms with Crippen LogP contribution in [0.4, 0.5) is 5.69 Å². The number of benzene rings is 1. The molecule has 2 aliphatic heterocycles. The number of anilines is 1. The van der Waals surface area contributed by atoms with E-state index < -0.39 is 0 Å². The summed E-state index contributed by atoms with van der Waals surface area (Å²) >= 11 is 0. The molecule has 0 amide bonds. The Labute approximate surface area is 174 Å². The van der Waals surface area contributed by atoms with Gasteiger partial charge in [0, 0.05) is 41.4 Å². The van der Waals surface area contributed by atoms with Crippen molar-refractivity contribution in [2.45, 2.75) is 31.3 Å². The number of fused-ring (bicyclic) bond motifs is 3. The van der Waals surface area contributed by atoms with Crippen LogP contribution >= 0.6 is 0 Å². The molecular formula is C22H23N5O3. The smallest absolute Gasteiger partial charge is 0.323 e. The highest BCUT2D eigenvalue weighted by molar-refractivity contribution is 5.94. The van der Waals surface area contributed by atoms with Gasteiger partial charge in [0.15, 0.2) is 0 Å². The van der Waals surface area contributed by atoms with E-state index in [0.29, 0.717) is 26.1 Å². The molecule has 8 heteroatoms. The number of carbonyl (C=O) groups excluding carboxylic acids is 1. The Morgan fingerprint density at radius 1 is 1.07 bits per heavy atom. The van der Waals surface area contributed by atoms with Gasteiger partial charge in [0.1, 0.15) is 18.1 Å². The van der Waals surface area contributed by atoms with Gasteiger partial charge >= 0.3 is 5.97 Å². The zero-order chi connectivity index (χ0) is 20.3. The van der Waals surface area contributed by atoms with E-state index in [9.17, 15) is 4.79 Å². The summed E-state index contributed by atoms with van der Waals surface area (Å²) in [4.78, 5) is 25.3. The third-order valence-corrected chi connectivity index (χ3v) is 5.53. The van der Waals surface area contributed by atoms with E-state index in [2.05, 4.69) is 31.7 Å². The standard InChI is InChI=1S/C22H23N5O3/c28-22-20-9-15(4-5-25-20)27-16-8-18-19(26-12-16)3-2-17(14-10-23-13-24-11-14)21(18)29-6-1-7-30-22/h2-3,8,10-13,15,20,25,27H,1,4-7,9H2/t15-,20-/m0/s1. The number of esters is 1. The van der Waals surface area contributed by atoms with Crippen LogP contribution < -0.4 is 15.4 Å². The van der Waals surface area contributed by atoms with Crippen molar-refractivity contribution in [2.24, 2.45) is 0 Å². The first-order valence-electron chi connectivity index (χ1n) is 10.3. The number of aromatic nitrogens is 3. The van der Waals surface area contributed by atoms with E-state index in [0.717, 1.165) is 46.4 Å². The second kappa shape index (κ2) is 8.23. The molecule has 2 N–H and O–H groups in total. The molecule has 0 spiro atoms. The third-order valence-electron chi connectivity index (χ3n) is 5.53. The van der Waals surface area contributed by atoms with Crippen molar-refractivity contribution in [3.05, 3.63) is 43.1 Å². The predicted octanol–water partition coefficient (Wildman–Crippen LogP) is 2.55. The number of cyclic esters (lactones) is 1. The van der Waals surface area contributed by atoms with Crippen molar-refractivity contribution < 1.29 is 14.3 Å². The SMILES string of the molecule is O=C1OCCCOc2c(-c3cncnc3)ccc3ncc(cc23)N[C@H]2CCN[C@H]1C2. The molecule has 8 nitrogen and oxygen atoms in total. The molecule has 1 aromatic carbocycles. The van der Waals surface area contributed by atoms with E-state index in [1.54, 1.807) is 12.4 Å². The Hall–Kier alpha value is -3.26. The molecule has 154 valence electrons. The molecule has 2 aliphatic rings. The van der Waals surface area contributed by atoms with E-state index in [-0.39, 0.29) is 18.1 Å². The van der Waals surface area contributed by atoms with Gasteiger partial charge in [-0.1, -0.05) is 0 Å². The lowest BCUT2D eigenvalue weighted by molar-refractivity contribution is -0.147. The summed E-state index contributed by atoms with van der Waals surface area (Å²) in [6.45, 7) is 1.52. The number of rotatable bonds is 1. The van der Waals surface area contributed by atoms with Crippen LogP contribution in [0.1, 0.15) is 19.3 Å². The topological polar surface area (TPSA) is 98.3 Å². The number of nitrogens with one attached hydrogen (secondary N) is 2. The van der Waals surface area contributed by atoms with Crippen molar-refractivity contribution in [1.29, 1.82) is 0 Å². The zero-order valence-corrected chi connectivity index (χ0v) is 16.5. The number of carbonyl (C=O) groups is 1. The Morgan fingerprint density at radius 3 is 2.83 bits per heavy atom. The molecule has 2 aromatic heterocycles. The first-order chi connectivity index (χ1) is 14.8. The molecule has 2 atom stereocenters. The van der Waals surface area contributed by atoms with Crippen LogP contribution in [0.15, 0.2) is 43.1 Å². The maximum absolute atomic E-state index is 12.4. The minimum atomic E-state index is -0.284. The molecule has 4 bridgehead atoms. The summed E-state index contributed by atoms with van der Waals surface area (Å²) in [5.74, 6) is 0.541. The summed E-state index contributed by atoms with van der Waals surface area (Å²) < 4.78 is 11.7. The van der Waals surface area contributed by atoms with Gasteiger partial charge in [0.05, 0.1) is 30.6 Å². The maximum atomic E-state index is 12.4. The van der Waals surface area contributed by atoms with Crippen LogP contribution in [-0.2, 0) is 9.53 Å². The lowest BCUT2D eigenvalue weighted by Gasteiger charge is -2.30. The van der Waals surface area contributed by atoms with Crippen molar-refractivity contribution in [3.63, 3.8) is 0 Å². The lowest BCUT2D eigenvalue weighted by atomic mass is 9.99. The van der Waals surface area contributed by atoms with Gasteiger partial charge in [-0.05, 0) is 37.6 Å². The summed E-state index contributed by atoms with van der Waals surface area (Å²) in [6, 6.07) is 5.93. The molecule has 0 unspecified atom stereocenters. The van der Waals surface area contributed by atoms with Gasteiger partial charge in [-0.25, -0.2) is 9.97 Å². The van der Waals surface area contributed by atoms with E-state index >= 15 is 0 Å². The predicted molar refractivity (Wildman–Crippen MR) is 112 cm³/mol. The van der Waals surface area contributed by atoms with Gasteiger partial charge in [-0.2, -0.15) is 0 Å². The highest BCUT2D eigenvalue weighted by Gasteiger charge is 2.28. The van der Waals surface area contributed by atoms with Crippen LogP contribution in [0.5, 0.6) is 5.75 Å². The van der Waals surface area contributed by atoms with Crippen LogP contribution in [-0.4, -0.2) is 52.8 Å². The minimum Gasteiger partial charge on any atom is -0.492 e. The number of ether oxygens (including phenoxy) is 2. The quantitative estimate of drug-likeness (QED) is 0.596. The number of hydrogen-bond acceptors (Lipinski definition) is 8. The molecule has 1 saturated heterocycles. The molecule has 5 rings (SSSR count). The van der Waals surface area contributed by atoms with Crippen LogP contribution in [0.25, 0.3) is 22.0 Å². The van der Waals surface area contributed by atoms with Gasteiger partial charge in [0.25, 0.3) is 0 Å². The maximum Gasteiger partial charge on any atom is 0.323 e. The normalized spacial score (nSPS) is 21.9. The highest BCUT2D eigenvalue weighted by Crippen LogP contribution is 2.37. The van der Waals surface area contributed by atoms with Gasteiger partial charge in [0.2, 0.25) is 0 Å². The Balaban J connectivity index is 1.58. The van der Waals surface area contributed by atoms with E-state index in [4.69, 9.17) is 9.47 Å². The third kappa shape index (κ3) is 3.78. The zero-order valence-electron chi connectivity index (χ0n) is 16.5. The van der Waals surface area contributed by atoms with Crippen LogP contribution in [0.3, 0.4) is 0 Å². The molecule has 30 heavy (non-hydrogen) atoms. The van der Waals surface area contributed by atoms with Crippen molar-refractivity contribution >= 4 is 22.6 Å². The molecule has 0 aliphatic carbocycles. The van der Waals surface area contributed by atoms with E-state index in [1.165, 1.54) is 6.33 Å². The molecule has 4 heterocycles. The molecular weight excluding hydrogens is 382 g/mol. The average Bonchev–Trinajstić information content (AvgIpc) is 2.79. The fourth-order valence-corrected chi connectivity index (χ4v) is 4.04. The van der Waals surface area contributed by atoms with Gasteiger partial charge < -0.3 is 20.1 Å². The largest absolute Gasteiger partial charge is 0.492 e. The van der Waals surface area contributed by atoms with Crippen molar-refractivity contribution in [1.82, 2.24) is 20.3 Å². The lowest BCUT2D eigenvalue weighted by Crippen LogP contribution is -2.48. The molecule has 3 aromatic rings. The Bertz CT molecular complexity index is 1060. The molecule has 0 saturated carbocycles. The summed E-state index contributed by atoms with van der Waals surface area (Å²) in [7, 11) is 0. The summed E-state index contributed by atoms with van der Waals surface area (Å²) in [5, 5.41) is 7.72. The van der Waals surface area contributed by atoms with E-state index in [1.807, 2.05) is 18.3 Å².